The SMILES string of the molecule is c1ccc(-c2cccc(N(c3ccc(-c4ccc5sc6ccncc6c5c4)cc3)c3ccc(-c4cc5ccccc5c5ccccc45)cc3)c2)cc1. The molecule has 0 saturated heterocycles. The topological polar surface area (TPSA) is 16.1 Å². The van der Waals surface area contributed by atoms with Crippen molar-refractivity contribution in [1.29, 1.82) is 0 Å². The van der Waals surface area contributed by atoms with Crippen molar-refractivity contribution in [3.63, 3.8) is 0 Å². The van der Waals surface area contributed by atoms with Crippen LogP contribution in [0.2, 0.25) is 0 Å². The molecule has 244 valence electrons. The number of rotatable bonds is 6. The summed E-state index contributed by atoms with van der Waals surface area (Å²) in [6.07, 6.45) is 3.85. The van der Waals surface area contributed by atoms with Gasteiger partial charge in [0.15, 0.2) is 0 Å². The molecule has 0 fully saturated rings. The van der Waals surface area contributed by atoms with E-state index in [9.17, 15) is 0 Å². The number of fused-ring (bicyclic) bond motifs is 6. The predicted molar refractivity (Wildman–Crippen MR) is 223 cm³/mol. The van der Waals surface area contributed by atoms with Gasteiger partial charge in [0.2, 0.25) is 0 Å². The Labute approximate surface area is 306 Å². The summed E-state index contributed by atoms with van der Waals surface area (Å²) < 4.78 is 2.55. The average Bonchev–Trinajstić information content (AvgIpc) is 3.60. The second kappa shape index (κ2) is 12.6. The second-order valence-corrected chi connectivity index (χ2v) is 14.3. The maximum Gasteiger partial charge on any atom is 0.0467 e. The van der Waals surface area contributed by atoms with Gasteiger partial charge in [0.1, 0.15) is 0 Å². The van der Waals surface area contributed by atoms with Crippen LogP contribution in [0, 0.1) is 0 Å². The van der Waals surface area contributed by atoms with Crippen LogP contribution in [0.15, 0.2) is 194 Å². The number of hydrogen-bond donors (Lipinski definition) is 0. The molecule has 10 rings (SSSR count). The van der Waals surface area contributed by atoms with Crippen molar-refractivity contribution >= 4 is 70.1 Å². The zero-order valence-electron chi connectivity index (χ0n) is 28.3. The quantitative estimate of drug-likeness (QED) is 0.163. The van der Waals surface area contributed by atoms with Gasteiger partial charge in [0, 0.05) is 49.6 Å². The zero-order chi connectivity index (χ0) is 34.4. The van der Waals surface area contributed by atoms with Gasteiger partial charge in [-0.15, -0.1) is 11.3 Å². The maximum absolute atomic E-state index is 4.40. The van der Waals surface area contributed by atoms with Crippen molar-refractivity contribution in [2.24, 2.45) is 0 Å². The van der Waals surface area contributed by atoms with E-state index >= 15 is 0 Å². The molecule has 0 amide bonds. The van der Waals surface area contributed by atoms with Gasteiger partial charge >= 0.3 is 0 Å². The van der Waals surface area contributed by atoms with E-state index < -0.39 is 0 Å². The van der Waals surface area contributed by atoms with Crippen molar-refractivity contribution in [3.05, 3.63) is 194 Å². The van der Waals surface area contributed by atoms with Gasteiger partial charge in [-0.2, -0.15) is 0 Å². The monoisotopic (exact) mass is 680 g/mol. The fraction of sp³-hybridized carbons (Fsp3) is 0. The Bertz CT molecular complexity index is 2890. The molecule has 0 unspecified atom stereocenters. The molecule has 0 spiro atoms. The summed E-state index contributed by atoms with van der Waals surface area (Å²) in [5.74, 6) is 0. The number of aromatic nitrogens is 1. The third-order valence-electron chi connectivity index (χ3n) is 10.1. The smallest absolute Gasteiger partial charge is 0.0467 e. The van der Waals surface area contributed by atoms with Crippen LogP contribution >= 0.6 is 11.3 Å². The molecule has 0 aliphatic rings. The zero-order valence-corrected chi connectivity index (χ0v) is 29.1. The normalized spacial score (nSPS) is 11.5. The summed E-state index contributed by atoms with van der Waals surface area (Å²) in [6.45, 7) is 0. The highest BCUT2D eigenvalue weighted by molar-refractivity contribution is 7.25. The predicted octanol–water partition coefficient (Wildman–Crippen LogP) is 14.2. The van der Waals surface area contributed by atoms with Crippen molar-refractivity contribution in [2.75, 3.05) is 4.90 Å². The first-order chi connectivity index (χ1) is 25.8. The fourth-order valence-electron chi connectivity index (χ4n) is 7.59. The average molecular weight is 681 g/mol. The van der Waals surface area contributed by atoms with E-state index in [1.165, 1.54) is 75.1 Å². The third kappa shape index (κ3) is 5.31. The highest BCUT2D eigenvalue weighted by Gasteiger charge is 2.16. The lowest BCUT2D eigenvalue weighted by atomic mass is 9.93. The Balaban J connectivity index is 1.07. The van der Waals surface area contributed by atoms with Crippen molar-refractivity contribution in [3.8, 4) is 33.4 Å². The molecule has 10 aromatic rings. The summed E-state index contributed by atoms with van der Waals surface area (Å²) in [6, 6.07) is 66.1. The minimum Gasteiger partial charge on any atom is -0.310 e. The van der Waals surface area contributed by atoms with Crippen LogP contribution in [0.5, 0.6) is 0 Å². The molecule has 0 bridgehead atoms. The van der Waals surface area contributed by atoms with E-state index in [4.69, 9.17) is 0 Å². The van der Waals surface area contributed by atoms with Crippen LogP contribution in [0.4, 0.5) is 17.1 Å². The largest absolute Gasteiger partial charge is 0.310 e. The molecule has 3 heteroatoms. The molecular weight excluding hydrogens is 649 g/mol. The lowest BCUT2D eigenvalue weighted by molar-refractivity contribution is 1.28. The number of benzene rings is 8. The second-order valence-electron chi connectivity index (χ2n) is 13.2. The standard InChI is InChI=1S/C49H32N2S/c1-2-9-33(10-3-1)36-12-8-13-41(29-36)51(39-22-17-34(18-23-39)37-21-26-48-46(30-37)47-32-50-28-27-49(47)52-48)40-24-19-35(20-25-40)45-31-38-11-4-5-14-42(38)43-15-6-7-16-44(43)45/h1-32H. The van der Waals surface area contributed by atoms with Gasteiger partial charge in [0.05, 0.1) is 0 Å². The Morgan fingerprint density at radius 2 is 0.981 bits per heavy atom. The van der Waals surface area contributed by atoms with Crippen molar-refractivity contribution < 1.29 is 0 Å². The molecule has 0 atom stereocenters. The minimum absolute atomic E-state index is 1.10. The van der Waals surface area contributed by atoms with E-state index in [1.807, 2.05) is 23.7 Å². The molecule has 52 heavy (non-hydrogen) atoms. The van der Waals surface area contributed by atoms with E-state index in [-0.39, 0.29) is 0 Å². The first-order valence-electron chi connectivity index (χ1n) is 17.6. The summed E-state index contributed by atoms with van der Waals surface area (Å²) >= 11 is 1.82. The van der Waals surface area contributed by atoms with Gasteiger partial charge in [-0.05, 0) is 116 Å². The Hall–Kier alpha value is -6.55. The minimum atomic E-state index is 1.10. The molecule has 2 nitrogen and oxygen atoms in total. The van der Waals surface area contributed by atoms with E-state index in [1.54, 1.807) is 0 Å². The molecule has 0 saturated carbocycles. The van der Waals surface area contributed by atoms with Gasteiger partial charge in [-0.25, -0.2) is 0 Å². The van der Waals surface area contributed by atoms with Crippen LogP contribution < -0.4 is 4.90 Å². The molecule has 2 heterocycles. The summed E-state index contributed by atoms with van der Waals surface area (Å²) in [5.41, 5.74) is 10.5. The number of thiophene rings is 1. The molecule has 0 N–H and O–H groups in total. The van der Waals surface area contributed by atoms with Crippen LogP contribution in [0.25, 0.3) is 75.1 Å². The van der Waals surface area contributed by atoms with Crippen LogP contribution in [-0.4, -0.2) is 4.98 Å². The lowest BCUT2D eigenvalue weighted by Crippen LogP contribution is -2.10. The Morgan fingerprint density at radius 3 is 1.79 bits per heavy atom. The van der Waals surface area contributed by atoms with Gasteiger partial charge in [-0.3, -0.25) is 4.98 Å². The fourth-order valence-corrected chi connectivity index (χ4v) is 8.64. The van der Waals surface area contributed by atoms with E-state index in [0.29, 0.717) is 0 Å². The first kappa shape index (κ1) is 30.3. The van der Waals surface area contributed by atoms with Crippen molar-refractivity contribution in [1.82, 2.24) is 4.98 Å². The number of pyridine rings is 1. The molecule has 2 aromatic heterocycles. The third-order valence-corrected chi connectivity index (χ3v) is 11.3. The number of anilines is 3. The number of nitrogens with zero attached hydrogens (tertiary/aromatic N) is 2. The summed E-state index contributed by atoms with van der Waals surface area (Å²) in [7, 11) is 0. The summed E-state index contributed by atoms with van der Waals surface area (Å²) in [4.78, 5) is 6.76. The highest BCUT2D eigenvalue weighted by Crippen LogP contribution is 2.41. The summed E-state index contributed by atoms with van der Waals surface area (Å²) in [5, 5.41) is 7.55. The molecule has 0 aliphatic carbocycles. The molecule has 8 aromatic carbocycles. The van der Waals surface area contributed by atoms with Crippen molar-refractivity contribution in [2.45, 2.75) is 0 Å². The first-order valence-corrected chi connectivity index (χ1v) is 18.4. The molecule has 0 aliphatic heterocycles. The number of hydrogen-bond acceptors (Lipinski definition) is 3. The van der Waals surface area contributed by atoms with Gasteiger partial charge in [0.25, 0.3) is 0 Å². The highest BCUT2D eigenvalue weighted by atomic mass is 32.1. The lowest BCUT2D eigenvalue weighted by Gasteiger charge is -2.26. The van der Waals surface area contributed by atoms with E-state index in [2.05, 4.69) is 192 Å². The molecule has 0 radical (unpaired) electrons. The van der Waals surface area contributed by atoms with Crippen LogP contribution in [0.3, 0.4) is 0 Å². The van der Waals surface area contributed by atoms with Crippen LogP contribution in [-0.2, 0) is 0 Å². The van der Waals surface area contributed by atoms with Crippen LogP contribution in [0.1, 0.15) is 0 Å². The Morgan fingerprint density at radius 1 is 0.365 bits per heavy atom. The van der Waals surface area contributed by atoms with Gasteiger partial charge in [-0.1, -0.05) is 121 Å². The maximum atomic E-state index is 4.40. The molecular formula is C49H32N2S. The van der Waals surface area contributed by atoms with Gasteiger partial charge < -0.3 is 4.90 Å². The Kier molecular flexibility index (Phi) is 7.37. The van der Waals surface area contributed by atoms with E-state index in [0.717, 1.165) is 17.1 Å².